The summed E-state index contributed by atoms with van der Waals surface area (Å²) >= 11 is 1.31. The van der Waals surface area contributed by atoms with Gasteiger partial charge in [-0.1, -0.05) is 23.9 Å². The van der Waals surface area contributed by atoms with Crippen molar-refractivity contribution >= 4 is 33.4 Å². The molecule has 0 unspecified atom stereocenters. The van der Waals surface area contributed by atoms with Gasteiger partial charge in [0.05, 0.1) is 10.6 Å². The van der Waals surface area contributed by atoms with Crippen LogP contribution in [0.15, 0.2) is 64.9 Å². The minimum Gasteiger partial charge on any atom is -0.325 e. The summed E-state index contributed by atoms with van der Waals surface area (Å²) in [6, 6.07) is 12.5. The van der Waals surface area contributed by atoms with Gasteiger partial charge in [0.1, 0.15) is 0 Å². The van der Waals surface area contributed by atoms with E-state index in [1.807, 2.05) is 24.6 Å². The SMILES string of the molecule is Cc1cc(C)cc(-n2ccnc2SCC(=O)Nc2cccc(S(=O)(=O)NC(C)(C)C)c2)c1. The van der Waals surface area contributed by atoms with E-state index in [-0.39, 0.29) is 16.6 Å². The van der Waals surface area contributed by atoms with Crippen molar-refractivity contribution in [2.24, 2.45) is 0 Å². The molecule has 0 atom stereocenters. The Morgan fingerprint density at radius 1 is 1.09 bits per heavy atom. The number of nitrogens with one attached hydrogen (secondary N) is 2. The van der Waals surface area contributed by atoms with Crippen molar-refractivity contribution in [1.29, 1.82) is 0 Å². The van der Waals surface area contributed by atoms with Gasteiger partial charge in [-0.2, -0.15) is 0 Å². The van der Waals surface area contributed by atoms with E-state index >= 15 is 0 Å². The Morgan fingerprint density at radius 2 is 1.78 bits per heavy atom. The fourth-order valence-electron chi connectivity index (χ4n) is 3.21. The molecule has 0 aliphatic rings. The minimum absolute atomic E-state index is 0.100. The van der Waals surface area contributed by atoms with E-state index in [1.54, 1.807) is 39.1 Å². The molecule has 3 aromatic rings. The molecule has 1 heterocycles. The number of benzene rings is 2. The van der Waals surface area contributed by atoms with E-state index in [9.17, 15) is 13.2 Å². The van der Waals surface area contributed by atoms with Gasteiger partial charge in [0.15, 0.2) is 5.16 Å². The maximum atomic E-state index is 12.5. The van der Waals surface area contributed by atoms with Crippen LogP contribution in [0.5, 0.6) is 0 Å². The number of sulfonamides is 1. The number of amides is 1. The van der Waals surface area contributed by atoms with E-state index in [4.69, 9.17) is 0 Å². The van der Waals surface area contributed by atoms with Crippen LogP contribution < -0.4 is 10.0 Å². The van der Waals surface area contributed by atoms with Gasteiger partial charge in [-0.25, -0.2) is 18.1 Å². The average molecular weight is 473 g/mol. The molecule has 3 rings (SSSR count). The summed E-state index contributed by atoms with van der Waals surface area (Å²) in [6.07, 6.45) is 3.57. The Balaban J connectivity index is 1.68. The van der Waals surface area contributed by atoms with Crippen molar-refractivity contribution in [3.05, 3.63) is 66.0 Å². The van der Waals surface area contributed by atoms with E-state index in [0.717, 1.165) is 16.8 Å². The molecule has 7 nitrogen and oxygen atoms in total. The Kier molecular flexibility index (Phi) is 7.12. The van der Waals surface area contributed by atoms with Gasteiger partial charge in [0, 0.05) is 29.3 Å². The second kappa shape index (κ2) is 9.48. The highest BCUT2D eigenvalue weighted by Crippen LogP contribution is 2.23. The highest BCUT2D eigenvalue weighted by molar-refractivity contribution is 7.99. The number of rotatable bonds is 7. The number of imidazole rings is 1. The third-order valence-electron chi connectivity index (χ3n) is 4.29. The van der Waals surface area contributed by atoms with Crippen LogP contribution in [-0.4, -0.2) is 35.2 Å². The van der Waals surface area contributed by atoms with Gasteiger partial charge in [-0.3, -0.25) is 9.36 Å². The number of anilines is 1. The first-order valence-electron chi connectivity index (χ1n) is 10.1. The molecule has 0 radical (unpaired) electrons. The molecular formula is C23H28N4O3S2. The van der Waals surface area contributed by atoms with Crippen molar-refractivity contribution in [3.8, 4) is 5.69 Å². The fourth-order valence-corrected chi connectivity index (χ4v) is 5.45. The number of carbonyl (C=O) groups is 1. The van der Waals surface area contributed by atoms with Crippen molar-refractivity contribution in [2.75, 3.05) is 11.1 Å². The first-order valence-corrected chi connectivity index (χ1v) is 12.6. The molecular weight excluding hydrogens is 444 g/mol. The van der Waals surface area contributed by atoms with E-state index in [1.165, 1.54) is 23.9 Å². The Bertz CT molecular complexity index is 1210. The van der Waals surface area contributed by atoms with Crippen molar-refractivity contribution < 1.29 is 13.2 Å². The van der Waals surface area contributed by atoms with Gasteiger partial charge < -0.3 is 5.32 Å². The molecule has 2 aromatic carbocycles. The lowest BCUT2D eigenvalue weighted by molar-refractivity contribution is -0.113. The number of aromatic nitrogens is 2. The number of carbonyl (C=O) groups excluding carboxylic acids is 1. The second-order valence-electron chi connectivity index (χ2n) is 8.65. The maximum absolute atomic E-state index is 12.5. The lowest BCUT2D eigenvalue weighted by atomic mass is 10.1. The molecule has 0 aliphatic heterocycles. The normalized spacial score (nSPS) is 12.0. The summed E-state index contributed by atoms with van der Waals surface area (Å²) < 4.78 is 29.7. The zero-order valence-corrected chi connectivity index (χ0v) is 20.5. The highest BCUT2D eigenvalue weighted by atomic mass is 32.2. The van der Waals surface area contributed by atoms with Gasteiger partial charge in [0.25, 0.3) is 0 Å². The standard InChI is InChI=1S/C23H28N4O3S2/c1-16-11-17(2)13-19(12-16)27-10-9-24-22(27)31-15-21(28)25-18-7-6-8-20(14-18)32(29,30)26-23(3,4)5/h6-14,26H,15H2,1-5H3,(H,25,28). The van der Waals surface area contributed by atoms with Crippen LogP contribution in [0.2, 0.25) is 0 Å². The van der Waals surface area contributed by atoms with Crippen molar-refractivity contribution in [2.45, 2.75) is 50.2 Å². The molecule has 1 amide bonds. The molecule has 0 aliphatic carbocycles. The minimum atomic E-state index is -3.69. The summed E-state index contributed by atoms with van der Waals surface area (Å²) in [7, 11) is -3.69. The molecule has 2 N–H and O–H groups in total. The Morgan fingerprint density at radius 3 is 2.44 bits per heavy atom. The smallest absolute Gasteiger partial charge is 0.241 e. The number of hydrogen-bond donors (Lipinski definition) is 2. The molecule has 0 fully saturated rings. The van der Waals surface area contributed by atoms with Crippen LogP contribution in [0.3, 0.4) is 0 Å². The number of thioether (sulfide) groups is 1. The number of aryl methyl sites for hydroxylation is 2. The zero-order valence-electron chi connectivity index (χ0n) is 18.8. The third kappa shape index (κ3) is 6.44. The first kappa shape index (κ1) is 24.0. The van der Waals surface area contributed by atoms with E-state index in [0.29, 0.717) is 10.8 Å². The van der Waals surface area contributed by atoms with E-state index in [2.05, 4.69) is 33.2 Å². The molecule has 0 spiro atoms. The topological polar surface area (TPSA) is 93.1 Å². The summed E-state index contributed by atoms with van der Waals surface area (Å²) in [6.45, 7) is 9.40. The van der Waals surface area contributed by atoms with Crippen molar-refractivity contribution in [1.82, 2.24) is 14.3 Å². The Labute approximate surface area is 193 Å². The average Bonchev–Trinajstić information content (AvgIpc) is 3.13. The molecule has 0 saturated carbocycles. The third-order valence-corrected chi connectivity index (χ3v) is 7.01. The molecule has 0 bridgehead atoms. The second-order valence-corrected chi connectivity index (χ2v) is 11.3. The molecule has 0 saturated heterocycles. The summed E-state index contributed by atoms with van der Waals surface area (Å²) in [4.78, 5) is 17.0. The molecule has 170 valence electrons. The van der Waals surface area contributed by atoms with Crippen LogP contribution in [0, 0.1) is 13.8 Å². The highest BCUT2D eigenvalue weighted by Gasteiger charge is 2.22. The van der Waals surface area contributed by atoms with Crippen LogP contribution in [0.4, 0.5) is 5.69 Å². The van der Waals surface area contributed by atoms with Crippen LogP contribution in [0.1, 0.15) is 31.9 Å². The summed E-state index contributed by atoms with van der Waals surface area (Å²) in [5.74, 6) is -0.109. The predicted octanol–water partition coefficient (Wildman–Crippen LogP) is 4.30. The van der Waals surface area contributed by atoms with E-state index < -0.39 is 15.6 Å². The quantitative estimate of drug-likeness (QED) is 0.500. The number of nitrogens with zero attached hydrogens (tertiary/aromatic N) is 2. The lowest BCUT2D eigenvalue weighted by Crippen LogP contribution is -2.40. The first-order chi connectivity index (χ1) is 14.9. The van der Waals surface area contributed by atoms with Gasteiger partial charge in [-0.15, -0.1) is 0 Å². The van der Waals surface area contributed by atoms with Gasteiger partial charge >= 0.3 is 0 Å². The maximum Gasteiger partial charge on any atom is 0.241 e. The summed E-state index contributed by atoms with van der Waals surface area (Å²) in [5, 5.41) is 3.47. The zero-order chi connectivity index (χ0) is 23.5. The van der Waals surface area contributed by atoms with Gasteiger partial charge in [0.2, 0.25) is 15.9 Å². The lowest BCUT2D eigenvalue weighted by Gasteiger charge is -2.20. The Hall–Kier alpha value is -2.62. The summed E-state index contributed by atoms with van der Waals surface area (Å²) in [5.41, 5.74) is 3.11. The van der Waals surface area contributed by atoms with Crippen LogP contribution in [0.25, 0.3) is 5.69 Å². The molecule has 9 heteroatoms. The molecule has 1 aromatic heterocycles. The fraction of sp³-hybridized carbons (Fsp3) is 0.304. The van der Waals surface area contributed by atoms with Gasteiger partial charge in [-0.05, 0) is 76.1 Å². The monoisotopic (exact) mass is 472 g/mol. The number of hydrogen-bond acceptors (Lipinski definition) is 5. The van der Waals surface area contributed by atoms with Crippen LogP contribution >= 0.6 is 11.8 Å². The predicted molar refractivity (Wildman–Crippen MR) is 129 cm³/mol. The molecule has 32 heavy (non-hydrogen) atoms. The largest absolute Gasteiger partial charge is 0.325 e. The van der Waals surface area contributed by atoms with Crippen LogP contribution in [-0.2, 0) is 14.8 Å². The van der Waals surface area contributed by atoms with Crippen molar-refractivity contribution in [3.63, 3.8) is 0 Å².